The minimum atomic E-state index is 0.0169. The molecule has 0 bridgehead atoms. The van der Waals surface area contributed by atoms with Crippen LogP contribution in [-0.2, 0) is 4.79 Å². The zero-order valence-electron chi connectivity index (χ0n) is 14.9. The summed E-state index contributed by atoms with van der Waals surface area (Å²) in [5, 5.41) is 4.39. The average molecular weight is 372 g/mol. The summed E-state index contributed by atoms with van der Waals surface area (Å²) in [7, 11) is 0. The van der Waals surface area contributed by atoms with Crippen LogP contribution in [0.25, 0.3) is 10.9 Å². The molecule has 6 heteroatoms. The summed E-state index contributed by atoms with van der Waals surface area (Å²) in [6.45, 7) is 0.778. The van der Waals surface area contributed by atoms with Crippen molar-refractivity contribution in [1.82, 2.24) is 14.9 Å². The number of carbonyl (C=O) groups is 1. The number of rotatable bonds is 6. The molecule has 2 aliphatic rings. The van der Waals surface area contributed by atoms with Crippen molar-refractivity contribution in [2.45, 2.75) is 56.1 Å². The van der Waals surface area contributed by atoms with Crippen LogP contribution in [-0.4, -0.2) is 27.8 Å². The van der Waals surface area contributed by atoms with Crippen LogP contribution in [0, 0.1) is 5.92 Å². The standard InChI is InChI=1S/C20H25N3O2S/c24-18(21-12-14-6-2-1-3-7-14)13-26-20-22-17-9-5-4-8-16(17)19(25)23(20)15-10-11-15/h4-5,8-9,14-15H,1-3,6-7,10-13H2,(H,21,24). The summed E-state index contributed by atoms with van der Waals surface area (Å²) in [5.74, 6) is 0.969. The lowest BCUT2D eigenvalue weighted by molar-refractivity contribution is -0.118. The van der Waals surface area contributed by atoms with E-state index in [1.54, 1.807) is 4.57 Å². The van der Waals surface area contributed by atoms with E-state index in [9.17, 15) is 9.59 Å². The molecule has 0 spiro atoms. The number of hydrogen-bond acceptors (Lipinski definition) is 4. The second kappa shape index (κ2) is 7.82. The summed E-state index contributed by atoms with van der Waals surface area (Å²) in [5.41, 5.74) is 0.725. The van der Waals surface area contributed by atoms with Crippen LogP contribution in [0.1, 0.15) is 51.0 Å². The minimum Gasteiger partial charge on any atom is -0.355 e. The van der Waals surface area contributed by atoms with Crippen LogP contribution >= 0.6 is 11.8 Å². The lowest BCUT2D eigenvalue weighted by atomic mass is 9.89. The van der Waals surface area contributed by atoms with Crippen molar-refractivity contribution in [3.05, 3.63) is 34.6 Å². The zero-order valence-corrected chi connectivity index (χ0v) is 15.8. The van der Waals surface area contributed by atoms with E-state index in [0.29, 0.717) is 27.7 Å². The van der Waals surface area contributed by atoms with Crippen molar-refractivity contribution < 1.29 is 4.79 Å². The number of nitrogens with one attached hydrogen (secondary N) is 1. The third-order valence-corrected chi connectivity index (χ3v) is 6.29. The van der Waals surface area contributed by atoms with Crippen molar-refractivity contribution in [2.75, 3.05) is 12.3 Å². The van der Waals surface area contributed by atoms with Crippen LogP contribution in [0.15, 0.2) is 34.2 Å². The molecule has 5 nitrogen and oxygen atoms in total. The molecule has 0 radical (unpaired) electrons. The Balaban J connectivity index is 1.44. The maximum absolute atomic E-state index is 12.8. The Kier molecular flexibility index (Phi) is 5.29. The molecule has 4 rings (SSSR count). The molecule has 2 aliphatic carbocycles. The quantitative estimate of drug-likeness (QED) is 0.623. The fraction of sp³-hybridized carbons (Fsp3) is 0.550. The number of nitrogens with zero attached hydrogens (tertiary/aromatic N) is 2. The van der Waals surface area contributed by atoms with Gasteiger partial charge in [-0.15, -0.1) is 0 Å². The topological polar surface area (TPSA) is 64.0 Å². The molecule has 2 aromatic rings. The number of amides is 1. The third-order valence-electron chi connectivity index (χ3n) is 5.33. The zero-order chi connectivity index (χ0) is 17.9. The summed E-state index contributed by atoms with van der Waals surface area (Å²) in [6.07, 6.45) is 8.37. The van der Waals surface area contributed by atoms with Crippen LogP contribution in [0.3, 0.4) is 0 Å². The number of benzene rings is 1. The molecule has 1 aromatic carbocycles. The molecule has 1 N–H and O–H groups in total. The molecule has 138 valence electrons. The van der Waals surface area contributed by atoms with Gasteiger partial charge in [-0.1, -0.05) is 43.2 Å². The predicted octanol–water partition coefficient (Wildman–Crippen LogP) is 3.52. The smallest absolute Gasteiger partial charge is 0.262 e. The van der Waals surface area contributed by atoms with Crippen LogP contribution in [0.2, 0.25) is 0 Å². The van der Waals surface area contributed by atoms with E-state index in [1.165, 1.54) is 43.9 Å². The van der Waals surface area contributed by atoms with Gasteiger partial charge >= 0.3 is 0 Å². The van der Waals surface area contributed by atoms with Gasteiger partial charge in [0.25, 0.3) is 5.56 Å². The van der Waals surface area contributed by atoms with E-state index in [4.69, 9.17) is 0 Å². The van der Waals surface area contributed by atoms with E-state index in [2.05, 4.69) is 10.3 Å². The van der Waals surface area contributed by atoms with E-state index in [1.807, 2.05) is 24.3 Å². The molecule has 2 fully saturated rings. The van der Waals surface area contributed by atoms with Crippen molar-refractivity contribution in [1.29, 1.82) is 0 Å². The van der Waals surface area contributed by atoms with E-state index in [-0.39, 0.29) is 17.5 Å². The minimum absolute atomic E-state index is 0.0169. The summed E-state index contributed by atoms with van der Waals surface area (Å²) in [6, 6.07) is 7.69. The van der Waals surface area contributed by atoms with Gasteiger partial charge in [0.05, 0.1) is 16.7 Å². The summed E-state index contributed by atoms with van der Waals surface area (Å²) in [4.78, 5) is 29.7. The summed E-state index contributed by atoms with van der Waals surface area (Å²) >= 11 is 1.38. The molecule has 26 heavy (non-hydrogen) atoms. The first kappa shape index (κ1) is 17.6. The van der Waals surface area contributed by atoms with Gasteiger partial charge < -0.3 is 5.32 Å². The molecule has 1 aromatic heterocycles. The van der Waals surface area contributed by atoms with E-state index >= 15 is 0 Å². The lowest BCUT2D eigenvalue weighted by Gasteiger charge is -2.21. The number of para-hydroxylation sites is 1. The van der Waals surface area contributed by atoms with Crippen LogP contribution in [0.4, 0.5) is 0 Å². The maximum atomic E-state index is 12.8. The first-order chi connectivity index (χ1) is 12.7. The Hall–Kier alpha value is -1.82. The lowest BCUT2D eigenvalue weighted by Crippen LogP contribution is -2.31. The molecule has 1 heterocycles. The van der Waals surface area contributed by atoms with Crippen molar-refractivity contribution >= 4 is 28.6 Å². The largest absolute Gasteiger partial charge is 0.355 e. The van der Waals surface area contributed by atoms with Gasteiger partial charge in [-0.2, -0.15) is 0 Å². The molecule has 0 atom stereocenters. The van der Waals surface area contributed by atoms with Gasteiger partial charge in [-0.05, 0) is 43.7 Å². The highest BCUT2D eigenvalue weighted by Gasteiger charge is 2.28. The van der Waals surface area contributed by atoms with Gasteiger partial charge in [-0.3, -0.25) is 14.2 Å². The number of aromatic nitrogens is 2. The predicted molar refractivity (Wildman–Crippen MR) is 105 cm³/mol. The second-order valence-corrected chi connectivity index (χ2v) is 8.36. The van der Waals surface area contributed by atoms with E-state index in [0.717, 1.165) is 19.4 Å². The molecular formula is C20H25N3O2S. The average Bonchev–Trinajstić information content (AvgIpc) is 3.50. The highest BCUT2D eigenvalue weighted by Crippen LogP contribution is 2.36. The Morgan fingerprint density at radius 3 is 2.69 bits per heavy atom. The van der Waals surface area contributed by atoms with Crippen molar-refractivity contribution in [3.63, 3.8) is 0 Å². The molecule has 0 saturated heterocycles. The second-order valence-electron chi connectivity index (χ2n) is 7.41. The van der Waals surface area contributed by atoms with Gasteiger partial charge in [0.1, 0.15) is 0 Å². The van der Waals surface area contributed by atoms with Crippen molar-refractivity contribution in [3.8, 4) is 0 Å². The molecular weight excluding hydrogens is 346 g/mol. The Bertz CT molecular complexity index is 854. The van der Waals surface area contributed by atoms with E-state index < -0.39 is 0 Å². The molecule has 0 unspecified atom stereocenters. The number of hydrogen-bond donors (Lipinski definition) is 1. The monoisotopic (exact) mass is 371 g/mol. The first-order valence-electron chi connectivity index (χ1n) is 9.63. The Morgan fingerprint density at radius 2 is 1.92 bits per heavy atom. The number of fused-ring (bicyclic) bond motifs is 1. The van der Waals surface area contributed by atoms with Crippen molar-refractivity contribution in [2.24, 2.45) is 5.92 Å². The summed E-state index contributed by atoms with van der Waals surface area (Å²) < 4.78 is 1.79. The van der Waals surface area contributed by atoms with Crippen LogP contribution in [0.5, 0.6) is 0 Å². The first-order valence-corrected chi connectivity index (χ1v) is 10.6. The van der Waals surface area contributed by atoms with Gasteiger partial charge in [-0.25, -0.2) is 4.98 Å². The normalized spacial score (nSPS) is 18.2. The number of thioether (sulfide) groups is 1. The number of carbonyl (C=O) groups excluding carboxylic acids is 1. The molecule has 0 aliphatic heterocycles. The highest BCUT2D eigenvalue weighted by molar-refractivity contribution is 7.99. The fourth-order valence-corrected chi connectivity index (χ4v) is 4.61. The Morgan fingerprint density at radius 1 is 1.15 bits per heavy atom. The third kappa shape index (κ3) is 3.95. The Labute approximate surface area is 157 Å². The van der Waals surface area contributed by atoms with Gasteiger partial charge in [0, 0.05) is 12.6 Å². The maximum Gasteiger partial charge on any atom is 0.262 e. The van der Waals surface area contributed by atoms with Crippen LogP contribution < -0.4 is 10.9 Å². The van der Waals surface area contributed by atoms with Gasteiger partial charge in [0.2, 0.25) is 5.91 Å². The highest BCUT2D eigenvalue weighted by atomic mass is 32.2. The SMILES string of the molecule is O=C(CSc1nc2ccccc2c(=O)n1C1CC1)NCC1CCCCC1. The van der Waals surface area contributed by atoms with Gasteiger partial charge in [0.15, 0.2) is 5.16 Å². The molecule has 1 amide bonds. The molecule has 2 saturated carbocycles. The fourth-order valence-electron chi connectivity index (χ4n) is 3.71.